The molecule has 0 unspecified atom stereocenters. The smallest absolute Gasteiger partial charge is 0.168 e. The highest BCUT2D eigenvalue weighted by molar-refractivity contribution is 6.12. The van der Waals surface area contributed by atoms with Crippen molar-refractivity contribution in [3.63, 3.8) is 0 Å². The minimum atomic E-state index is 0.518. The largest absolute Gasteiger partial charge is 0.455 e. The third-order valence-electron chi connectivity index (χ3n) is 9.24. The average molecular weight is 653 g/mol. The molecule has 0 aliphatic heterocycles. The van der Waals surface area contributed by atoms with Crippen molar-refractivity contribution >= 4 is 21.9 Å². The number of hydrogen-bond donors (Lipinski definition) is 0. The summed E-state index contributed by atoms with van der Waals surface area (Å²) in [6.45, 7) is 0. The number of benzene rings is 7. The maximum absolute atomic E-state index is 9.73. The van der Waals surface area contributed by atoms with Crippen LogP contribution < -0.4 is 0 Å². The van der Waals surface area contributed by atoms with E-state index in [0.29, 0.717) is 28.6 Å². The van der Waals surface area contributed by atoms with Crippen molar-refractivity contribution in [2.75, 3.05) is 0 Å². The van der Waals surface area contributed by atoms with Crippen LogP contribution in [-0.2, 0) is 0 Å². The molecule has 0 radical (unpaired) electrons. The zero-order chi connectivity index (χ0) is 34.1. The molecule has 2 heterocycles. The van der Waals surface area contributed by atoms with E-state index in [1.54, 1.807) is 0 Å². The molecule has 0 aliphatic carbocycles. The van der Waals surface area contributed by atoms with E-state index in [4.69, 9.17) is 19.4 Å². The van der Waals surface area contributed by atoms with E-state index in [2.05, 4.69) is 84.9 Å². The third-order valence-corrected chi connectivity index (χ3v) is 9.24. The molecule has 0 aliphatic rings. The van der Waals surface area contributed by atoms with Crippen LogP contribution in [0.5, 0.6) is 0 Å². The summed E-state index contributed by atoms with van der Waals surface area (Å²) >= 11 is 0. The van der Waals surface area contributed by atoms with Gasteiger partial charge in [0.1, 0.15) is 11.2 Å². The Labute approximate surface area is 294 Å². The highest BCUT2D eigenvalue weighted by Gasteiger charge is 2.22. The first-order valence-electron chi connectivity index (χ1n) is 16.8. The van der Waals surface area contributed by atoms with Crippen molar-refractivity contribution in [3.8, 4) is 73.6 Å². The molecule has 7 aromatic carbocycles. The summed E-state index contributed by atoms with van der Waals surface area (Å²) in [6, 6.07) is 59.2. The summed E-state index contributed by atoms with van der Waals surface area (Å²) in [7, 11) is 0. The summed E-state index contributed by atoms with van der Waals surface area (Å²) in [4.78, 5) is 15.3. The Kier molecular flexibility index (Phi) is 7.46. The highest BCUT2D eigenvalue weighted by atomic mass is 16.3. The lowest BCUT2D eigenvalue weighted by Gasteiger charge is -2.13. The van der Waals surface area contributed by atoms with Gasteiger partial charge in [-0.3, -0.25) is 0 Å². The summed E-state index contributed by atoms with van der Waals surface area (Å²) in [5.74, 6) is 1.66. The highest BCUT2D eigenvalue weighted by Crippen LogP contribution is 2.42. The van der Waals surface area contributed by atoms with E-state index in [1.165, 1.54) is 0 Å². The van der Waals surface area contributed by atoms with Gasteiger partial charge < -0.3 is 4.42 Å². The number of rotatable bonds is 6. The third kappa shape index (κ3) is 5.51. The van der Waals surface area contributed by atoms with Gasteiger partial charge in [0.25, 0.3) is 0 Å². The molecule has 0 bridgehead atoms. The number of nitriles is 1. The predicted molar refractivity (Wildman–Crippen MR) is 204 cm³/mol. The van der Waals surface area contributed by atoms with Gasteiger partial charge in [-0.2, -0.15) is 5.26 Å². The van der Waals surface area contributed by atoms with Crippen molar-refractivity contribution in [1.29, 1.82) is 5.26 Å². The Morgan fingerprint density at radius 1 is 0.392 bits per heavy atom. The van der Waals surface area contributed by atoms with Crippen LogP contribution in [0.4, 0.5) is 0 Å². The quantitative estimate of drug-likeness (QED) is 0.179. The topological polar surface area (TPSA) is 75.6 Å². The molecule has 51 heavy (non-hydrogen) atoms. The average Bonchev–Trinajstić information content (AvgIpc) is 3.60. The van der Waals surface area contributed by atoms with Gasteiger partial charge in [-0.15, -0.1) is 0 Å². The predicted octanol–water partition coefficient (Wildman–Crippen LogP) is 11.6. The normalized spacial score (nSPS) is 11.1. The van der Waals surface area contributed by atoms with Crippen molar-refractivity contribution in [3.05, 3.63) is 175 Å². The molecule has 0 fully saturated rings. The Balaban J connectivity index is 1.26. The molecule has 238 valence electrons. The maximum atomic E-state index is 9.73. The molecule has 0 spiro atoms. The number of nitrogens with zero attached hydrogens (tertiary/aromatic N) is 4. The van der Waals surface area contributed by atoms with Gasteiger partial charge in [0, 0.05) is 21.9 Å². The fourth-order valence-corrected chi connectivity index (χ4v) is 6.69. The summed E-state index contributed by atoms with van der Waals surface area (Å²) < 4.78 is 6.64. The van der Waals surface area contributed by atoms with Crippen LogP contribution in [-0.4, -0.2) is 15.0 Å². The van der Waals surface area contributed by atoms with Crippen molar-refractivity contribution < 1.29 is 4.42 Å². The summed E-state index contributed by atoms with van der Waals surface area (Å²) in [5.41, 5.74) is 10.7. The first-order valence-corrected chi connectivity index (χ1v) is 16.8. The monoisotopic (exact) mass is 652 g/mol. The lowest BCUT2D eigenvalue weighted by Crippen LogP contribution is -2.01. The van der Waals surface area contributed by atoms with Crippen LogP contribution in [0.3, 0.4) is 0 Å². The Bertz CT molecular complexity index is 2730. The Morgan fingerprint density at radius 2 is 0.902 bits per heavy atom. The number of aromatic nitrogens is 3. The van der Waals surface area contributed by atoms with E-state index < -0.39 is 0 Å². The van der Waals surface area contributed by atoms with Crippen molar-refractivity contribution in [1.82, 2.24) is 15.0 Å². The van der Waals surface area contributed by atoms with Gasteiger partial charge in [0.05, 0.1) is 17.2 Å². The second kappa shape index (κ2) is 12.7. The van der Waals surface area contributed by atoms with Crippen LogP contribution in [0.2, 0.25) is 0 Å². The van der Waals surface area contributed by atoms with Gasteiger partial charge in [-0.05, 0) is 51.6 Å². The number of furan rings is 1. The molecule has 5 nitrogen and oxygen atoms in total. The lowest BCUT2D eigenvalue weighted by atomic mass is 9.93. The molecule has 2 aromatic heterocycles. The van der Waals surface area contributed by atoms with Gasteiger partial charge in [0.15, 0.2) is 17.5 Å². The van der Waals surface area contributed by atoms with Crippen molar-refractivity contribution in [2.45, 2.75) is 0 Å². The summed E-state index contributed by atoms with van der Waals surface area (Å²) in [5, 5.41) is 11.7. The van der Waals surface area contributed by atoms with Crippen LogP contribution in [0, 0.1) is 11.3 Å². The molecule has 5 heteroatoms. The maximum Gasteiger partial charge on any atom is 0.168 e. The molecule has 9 rings (SSSR count). The lowest BCUT2D eigenvalue weighted by molar-refractivity contribution is 0.669. The summed E-state index contributed by atoms with van der Waals surface area (Å²) in [6.07, 6.45) is 0. The zero-order valence-corrected chi connectivity index (χ0v) is 27.4. The molecule has 0 saturated carbocycles. The molecule has 0 N–H and O–H groups in total. The Morgan fingerprint density at radius 3 is 1.61 bits per heavy atom. The van der Waals surface area contributed by atoms with Gasteiger partial charge in [-0.25, -0.2) is 15.0 Å². The molecule has 9 aromatic rings. The molecule has 0 atom stereocenters. The van der Waals surface area contributed by atoms with Crippen LogP contribution >= 0.6 is 0 Å². The number of hydrogen-bond acceptors (Lipinski definition) is 5. The molecule has 0 amide bonds. The SMILES string of the molecule is N#Cc1ccccc1-c1ccc(-c2ccc3c(oc4ccccc43)c2-c2nc(-c3ccccc3)nc(-c3ccc(-c4ccccc4)cc3)n2)cc1. The van der Waals surface area contributed by atoms with Crippen molar-refractivity contribution in [2.24, 2.45) is 0 Å². The van der Waals surface area contributed by atoms with E-state index >= 15 is 0 Å². The van der Waals surface area contributed by atoms with Crippen LogP contribution in [0.25, 0.3) is 89.5 Å². The first-order chi connectivity index (χ1) is 25.2. The van der Waals surface area contributed by atoms with Crippen LogP contribution in [0.1, 0.15) is 5.56 Å². The second-order valence-electron chi connectivity index (χ2n) is 12.3. The van der Waals surface area contributed by atoms with E-state index in [1.807, 2.05) is 91.0 Å². The van der Waals surface area contributed by atoms with Crippen LogP contribution in [0.15, 0.2) is 174 Å². The fraction of sp³-hybridized carbons (Fsp3) is 0. The van der Waals surface area contributed by atoms with E-state index in [-0.39, 0.29) is 0 Å². The molecule has 0 saturated heterocycles. The Hall–Kier alpha value is -7.16. The minimum Gasteiger partial charge on any atom is -0.455 e. The fourth-order valence-electron chi connectivity index (χ4n) is 6.69. The minimum absolute atomic E-state index is 0.518. The van der Waals surface area contributed by atoms with E-state index in [0.717, 1.165) is 66.4 Å². The first kappa shape index (κ1) is 29.9. The molecular weight excluding hydrogens is 625 g/mol. The standard InChI is InChI=1S/C46H28N4O/c47-29-36-15-7-8-16-37(36)32-21-23-33(24-22-32)38-27-28-40-39-17-9-10-18-41(39)51-43(40)42(38)46-49-44(34-13-5-2-6-14-34)48-45(50-46)35-25-19-31(20-26-35)30-11-3-1-4-12-30/h1-28H. The molecular formula is C46H28N4O. The second-order valence-corrected chi connectivity index (χ2v) is 12.3. The van der Waals surface area contributed by atoms with E-state index in [9.17, 15) is 5.26 Å². The zero-order valence-electron chi connectivity index (χ0n) is 27.4. The van der Waals surface area contributed by atoms with Gasteiger partial charge >= 0.3 is 0 Å². The van der Waals surface area contributed by atoms with Gasteiger partial charge in [-0.1, -0.05) is 152 Å². The number of fused-ring (bicyclic) bond motifs is 3. The van der Waals surface area contributed by atoms with Gasteiger partial charge in [0.2, 0.25) is 0 Å². The number of para-hydroxylation sites is 1.